The molecule has 27 heavy (non-hydrogen) atoms. The highest BCUT2D eigenvalue weighted by Gasteiger charge is 2.31. The second-order valence-corrected chi connectivity index (χ2v) is 6.05. The number of rotatable bonds is 6. The lowest BCUT2D eigenvalue weighted by Crippen LogP contribution is -2.50. The van der Waals surface area contributed by atoms with Gasteiger partial charge in [-0.25, -0.2) is 15.3 Å². The average Bonchev–Trinajstić information content (AvgIpc) is 3.20. The van der Waals surface area contributed by atoms with Gasteiger partial charge < -0.3 is 15.0 Å². The highest BCUT2D eigenvalue weighted by atomic mass is 16.5. The number of nitrogens with zero attached hydrogens (tertiary/aromatic N) is 4. The van der Waals surface area contributed by atoms with Crippen LogP contribution in [0.4, 0.5) is 0 Å². The highest BCUT2D eigenvalue weighted by molar-refractivity contribution is 5.94. The average molecular weight is 360 g/mol. The summed E-state index contributed by atoms with van der Waals surface area (Å²) >= 11 is 0. The summed E-state index contributed by atoms with van der Waals surface area (Å²) in [5.74, 6) is 0.311. The predicted octanol–water partition coefficient (Wildman–Crippen LogP) is 2.08. The van der Waals surface area contributed by atoms with E-state index in [2.05, 4.69) is 20.6 Å². The molecule has 2 aromatic carbocycles. The molecule has 135 valence electrons. The van der Waals surface area contributed by atoms with Crippen molar-refractivity contribution in [2.24, 2.45) is 9.98 Å². The van der Waals surface area contributed by atoms with Gasteiger partial charge in [0.2, 0.25) is 0 Å². The number of ether oxygens (including phenoxy) is 1. The predicted molar refractivity (Wildman–Crippen MR) is 102 cm³/mol. The van der Waals surface area contributed by atoms with Gasteiger partial charge >= 0.3 is 0 Å². The van der Waals surface area contributed by atoms with Crippen LogP contribution in [-0.2, 0) is 11.3 Å². The van der Waals surface area contributed by atoms with E-state index < -0.39 is 6.17 Å². The van der Waals surface area contributed by atoms with Crippen LogP contribution < -0.4 is 10.6 Å². The number of hydrogen-bond acceptors (Lipinski definition) is 5. The van der Waals surface area contributed by atoms with Crippen molar-refractivity contribution >= 4 is 18.6 Å². The van der Waals surface area contributed by atoms with Gasteiger partial charge in [-0.3, -0.25) is 4.79 Å². The molecule has 0 fully saturated rings. The van der Waals surface area contributed by atoms with Gasteiger partial charge in [0.25, 0.3) is 5.91 Å². The number of carbonyl (C=O) groups is 1. The second-order valence-electron chi connectivity index (χ2n) is 6.05. The Morgan fingerprint density at radius 1 is 1.04 bits per heavy atom. The minimum atomic E-state index is -0.497. The number of nitrogens with one attached hydrogen (secondary N) is 1. The first kappa shape index (κ1) is 17.0. The highest BCUT2D eigenvalue weighted by Crippen LogP contribution is 2.22. The second kappa shape index (κ2) is 7.84. The third-order valence-electron chi connectivity index (χ3n) is 4.18. The summed E-state index contributed by atoms with van der Waals surface area (Å²) in [5.41, 5.74) is 2.25. The molecular weight excluding hydrogens is 342 g/mol. The molecule has 7 nitrogen and oxygen atoms in total. The van der Waals surface area contributed by atoms with Crippen molar-refractivity contribution in [3.8, 4) is 0 Å². The molecule has 2 heterocycles. The number of amides is 1. The minimum absolute atomic E-state index is 0.196. The minimum Gasteiger partial charge on any atom is -0.356 e. The van der Waals surface area contributed by atoms with Crippen molar-refractivity contribution in [2.45, 2.75) is 12.8 Å². The molecule has 7 heteroatoms. The first-order chi connectivity index (χ1) is 13.3. The molecule has 0 saturated heterocycles. The zero-order valence-corrected chi connectivity index (χ0v) is 14.5. The summed E-state index contributed by atoms with van der Waals surface area (Å²) in [6.45, 7) is 0.717. The third kappa shape index (κ3) is 3.88. The van der Waals surface area contributed by atoms with Crippen LogP contribution in [0.1, 0.15) is 15.9 Å². The molecule has 2 aliphatic rings. The molecule has 1 N–H and O–H groups in total. The van der Waals surface area contributed by atoms with E-state index in [0.29, 0.717) is 23.7 Å². The van der Waals surface area contributed by atoms with Crippen LogP contribution in [0.25, 0.3) is 0 Å². The molecule has 0 bridgehead atoms. The Morgan fingerprint density at radius 3 is 2.56 bits per heavy atom. The normalized spacial score (nSPS) is 17.6. The Kier molecular flexibility index (Phi) is 4.93. The van der Waals surface area contributed by atoms with Crippen LogP contribution >= 0.6 is 0 Å². The van der Waals surface area contributed by atoms with Gasteiger partial charge in [0.05, 0.1) is 12.9 Å². The lowest BCUT2D eigenvalue weighted by atomic mass is 10.2. The lowest BCUT2D eigenvalue weighted by molar-refractivity contribution is 0.0359. The number of benzene rings is 2. The molecule has 1 amide bonds. The van der Waals surface area contributed by atoms with E-state index in [4.69, 9.17) is 4.74 Å². The maximum absolute atomic E-state index is 12.6. The standard InChI is InChI=1S/C20H18N5O2/c26-20(16-9-5-2-6-10-16)24-19-17-18(22-12-21-17)23-13-25(19)14-27-11-15-7-3-1-4-8-15/h1-10,12-13,19H,11,14H2,(H,24,26). The quantitative estimate of drug-likeness (QED) is 0.856. The molecule has 0 saturated carbocycles. The fourth-order valence-corrected chi connectivity index (χ4v) is 2.81. The largest absolute Gasteiger partial charge is 0.356 e. The Bertz CT molecular complexity index is 893. The van der Waals surface area contributed by atoms with E-state index in [0.717, 1.165) is 5.56 Å². The fourth-order valence-electron chi connectivity index (χ4n) is 2.81. The van der Waals surface area contributed by atoms with E-state index >= 15 is 0 Å². The van der Waals surface area contributed by atoms with E-state index in [1.807, 2.05) is 48.5 Å². The van der Waals surface area contributed by atoms with E-state index in [1.54, 1.807) is 23.4 Å². The topological polar surface area (TPSA) is 80.4 Å². The number of aliphatic imine (C=N–C) groups is 2. The summed E-state index contributed by atoms with van der Waals surface area (Å²) in [7, 11) is 0. The van der Waals surface area contributed by atoms with Gasteiger partial charge in [0, 0.05) is 5.56 Å². The summed E-state index contributed by atoms with van der Waals surface area (Å²) in [6.07, 6.45) is 2.57. The van der Waals surface area contributed by atoms with Crippen LogP contribution in [0.3, 0.4) is 0 Å². The van der Waals surface area contributed by atoms with Crippen molar-refractivity contribution in [1.82, 2.24) is 15.5 Å². The van der Waals surface area contributed by atoms with Crippen molar-refractivity contribution in [2.75, 3.05) is 6.73 Å². The van der Waals surface area contributed by atoms with Crippen molar-refractivity contribution in [3.05, 3.63) is 83.3 Å². The molecule has 4 rings (SSSR count). The maximum atomic E-state index is 12.6. The molecule has 2 aromatic rings. The Hall–Kier alpha value is -3.45. The molecular formula is C20H18N5O2. The Balaban J connectivity index is 1.45. The molecule has 0 aliphatic carbocycles. The summed E-state index contributed by atoms with van der Waals surface area (Å²) in [5, 5.41) is 7.11. The van der Waals surface area contributed by atoms with Crippen LogP contribution in [0.2, 0.25) is 0 Å². The number of hydrogen-bond donors (Lipinski definition) is 1. The number of carbonyl (C=O) groups excluding carboxylic acids is 1. The zero-order valence-electron chi connectivity index (χ0n) is 14.5. The summed E-state index contributed by atoms with van der Waals surface area (Å²) < 4.78 is 5.80. The summed E-state index contributed by atoms with van der Waals surface area (Å²) in [6, 6.07) is 18.9. The first-order valence-corrected chi connectivity index (χ1v) is 8.56. The SMILES string of the molecule is O=C(NC1C2=C([N]C=N2)N=CN1COCc1ccccc1)c1ccccc1. The molecule has 2 aliphatic heterocycles. The molecule has 0 spiro atoms. The lowest BCUT2D eigenvalue weighted by Gasteiger charge is -2.32. The van der Waals surface area contributed by atoms with Crippen molar-refractivity contribution in [3.63, 3.8) is 0 Å². The van der Waals surface area contributed by atoms with Crippen LogP contribution in [-0.4, -0.2) is 36.4 Å². The van der Waals surface area contributed by atoms with Gasteiger partial charge in [-0.1, -0.05) is 48.5 Å². The molecule has 1 radical (unpaired) electrons. The van der Waals surface area contributed by atoms with E-state index in [1.165, 1.54) is 6.34 Å². The zero-order chi connectivity index (χ0) is 18.5. The maximum Gasteiger partial charge on any atom is 0.253 e. The van der Waals surface area contributed by atoms with Gasteiger partial charge in [0.15, 0.2) is 12.0 Å². The van der Waals surface area contributed by atoms with Gasteiger partial charge in [0.1, 0.15) is 18.8 Å². The Labute approximate surface area is 157 Å². The van der Waals surface area contributed by atoms with Gasteiger partial charge in [-0.2, -0.15) is 0 Å². The van der Waals surface area contributed by atoms with Gasteiger partial charge in [-0.15, -0.1) is 0 Å². The van der Waals surface area contributed by atoms with Gasteiger partial charge in [-0.05, 0) is 17.7 Å². The van der Waals surface area contributed by atoms with E-state index in [9.17, 15) is 4.79 Å². The van der Waals surface area contributed by atoms with Crippen molar-refractivity contribution < 1.29 is 9.53 Å². The fraction of sp³-hybridized carbons (Fsp3) is 0.150. The van der Waals surface area contributed by atoms with Crippen molar-refractivity contribution in [1.29, 1.82) is 0 Å². The molecule has 1 unspecified atom stereocenters. The third-order valence-corrected chi connectivity index (χ3v) is 4.18. The monoisotopic (exact) mass is 360 g/mol. The Morgan fingerprint density at radius 2 is 1.78 bits per heavy atom. The molecule has 1 atom stereocenters. The van der Waals surface area contributed by atoms with Crippen LogP contribution in [0, 0.1) is 0 Å². The van der Waals surface area contributed by atoms with E-state index in [-0.39, 0.29) is 12.6 Å². The smallest absolute Gasteiger partial charge is 0.253 e. The molecule has 0 aromatic heterocycles. The summed E-state index contributed by atoms with van der Waals surface area (Å²) in [4.78, 5) is 23.0. The first-order valence-electron chi connectivity index (χ1n) is 8.56. The van der Waals surface area contributed by atoms with Crippen LogP contribution in [0.15, 0.2) is 82.2 Å². The van der Waals surface area contributed by atoms with Crippen LogP contribution in [0.5, 0.6) is 0 Å².